The lowest BCUT2D eigenvalue weighted by Crippen LogP contribution is -2.30. The molecular formula is C17H18BrNO2. The highest BCUT2D eigenvalue weighted by molar-refractivity contribution is 9.09. The van der Waals surface area contributed by atoms with Crippen LogP contribution in [0.2, 0.25) is 0 Å². The van der Waals surface area contributed by atoms with Crippen molar-refractivity contribution in [1.29, 1.82) is 0 Å². The molecule has 0 aliphatic heterocycles. The summed E-state index contributed by atoms with van der Waals surface area (Å²) in [5.74, 6) is 0.898. The highest BCUT2D eigenvalue weighted by Crippen LogP contribution is 2.15. The molecular weight excluding hydrogens is 330 g/mol. The van der Waals surface area contributed by atoms with Crippen LogP contribution in [0, 0.1) is 0 Å². The van der Waals surface area contributed by atoms with E-state index in [4.69, 9.17) is 4.74 Å². The average molecular weight is 348 g/mol. The molecule has 0 N–H and O–H groups in total. The number of benzene rings is 2. The first kappa shape index (κ1) is 15.6. The van der Waals surface area contributed by atoms with Crippen LogP contribution in [0.15, 0.2) is 54.6 Å². The number of hydrogen-bond donors (Lipinski definition) is 0. The van der Waals surface area contributed by atoms with Crippen molar-refractivity contribution in [2.24, 2.45) is 0 Å². The number of hydrogen-bond acceptors (Lipinski definition) is 2. The van der Waals surface area contributed by atoms with E-state index in [9.17, 15) is 4.79 Å². The van der Waals surface area contributed by atoms with Crippen LogP contribution in [-0.2, 0) is 17.9 Å². The normalized spacial score (nSPS) is 10.2. The van der Waals surface area contributed by atoms with Crippen molar-refractivity contribution in [3.63, 3.8) is 0 Å². The molecule has 2 rings (SSSR count). The van der Waals surface area contributed by atoms with Gasteiger partial charge in [0, 0.05) is 13.1 Å². The van der Waals surface area contributed by atoms with Gasteiger partial charge in [0.05, 0.1) is 12.4 Å². The van der Waals surface area contributed by atoms with Crippen molar-refractivity contribution in [2.45, 2.75) is 13.1 Å². The molecule has 0 unspecified atom stereocenters. The number of carbonyl (C=O) groups is 1. The Morgan fingerprint density at radius 3 is 2.10 bits per heavy atom. The molecule has 110 valence electrons. The third-order valence-electron chi connectivity index (χ3n) is 3.22. The van der Waals surface area contributed by atoms with Crippen LogP contribution in [0.5, 0.6) is 5.75 Å². The van der Waals surface area contributed by atoms with Gasteiger partial charge >= 0.3 is 0 Å². The second-order valence-electron chi connectivity index (χ2n) is 4.72. The van der Waals surface area contributed by atoms with Gasteiger partial charge in [-0.25, -0.2) is 0 Å². The molecule has 0 aromatic heterocycles. The van der Waals surface area contributed by atoms with Crippen molar-refractivity contribution in [3.05, 3.63) is 65.7 Å². The van der Waals surface area contributed by atoms with Gasteiger partial charge in [0.25, 0.3) is 0 Å². The Morgan fingerprint density at radius 2 is 1.57 bits per heavy atom. The molecule has 3 nitrogen and oxygen atoms in total. The Bertz CT molecular complexity index is 569. The molecule has 0 aliphatic carbocycles. The van der Waals surface area contributed by atoms with Crippen LogP contribution < -0.4 is 4.74 Å². The van der Waals surface area contributed by atoms with Crippen molar-refractivity contribution < 1.29 is 9.53 Å². The lowest BCUT2D eigenvalue weighted by molar-refractivity contribution is -0.129. The molecule has 0 aliphatic rings. The van der Waals surface area contributed by atoms with Gasteiger partial charge in [-0.2, -0.15) is 0 Å². The minimum Gasteiger partial charge on any atom is -0.497 e. The maximum absolute atomic E-state index is 12.1. The Hall–Kier alpha value is -1.81. The van der Waals surface area contributed by atoms with Crippen LogP contribution in [0.25, 0.3) is 0 Å². The zero-order chi connectivity index (χ0) is 15.1. The fourth-order valence-corrected chi connectivity index (χ4v) is 2.43. The van der Waals surface area contributed by atoms with E-state index >= 15 is 0 Å². The van der Waals surface area contributed by atoms with E-state index in [0.29, 0.717) is 18.4 Å². The first-order valence-electron chi connectivity index (χ1n) is 6.73. The van der Waals surface area contributed by atoms with Crippen LogP contribution in [-0.4, -0.2) is 23.2 Å². The van der Waals surface area contributed by atoms with Crippen molar-refractivity contribution in [1.82, 2.24) is 4.90 Å². The molecule has 0 radical (unpaired) electrons. The highest BCUT2D eigenvalue weighted by atomic mass is 79.9. The quantitative estimate of drug-likeness (QED) is 0.747. The molecule has 2 aromatic carbocycles. The van der Waals surface area contributed by atoms with Crippen molar-refractivity contribution >= 4 is 21.8 Å². The summed E-state index contributed by atoms with van der Waals surface area (Å²) in [4.78, 5) is 13.9. The Morgan fingerprint density at radius 1 is 1.00 bits per heavy atom. The minimum atomic E-state index is 0.0784. The summed E-state index contributed by atoms with van der Waals surface area (Å²) in [6.45, 7) is 1.20. The molecule has 0 atom stereocenters. The number of rotatable bonds is 6. The van der Waals surface area contributed by atoms with Gasteiger partial charge in [-0.1, -0.05) is 58.4 Å². The summed E-state index contributed by atoms with van der Waals surface area (Å²) in [5.41, 5.74) is 2.21. The average Bonchev–Trinajstić information content (AvgIpc) is 2.55. The zero-order valence-corrected chi connectivity index (χ0v) is 13.5. The van der Waals surface area contributed by atoms with Crippen LogP contribution in [0.3, 0.4) is 0 Å². The fraction of sp³-hybridized carbons (Fsp3) is 0.235. The number of methoxy groups -OCH3 is 1. The van der Waals surface area contributed by atoms with E-state index in [-0.39, 0.29) is 5.91 Å². The Kier molecular flexibility index (Phi) is 5.81. The number of carbonyl (C=O) groups excluding carboxylic acids is 1. The van der Waals surface area contributed by atoms with E-state index < -0.39 is 0 Å². The summed E-state index contributed by atoms with van der Waals surface area (Å²) in [5, 5.41) is 0.329. The second kappa shape index (κ2) is 7.84. The smallest absolute Gasteiger partial charge is 0.233 e. The SMILES string of the molecule is COc1ccc(CN(Cc2ccccc2)C(=O)CBr)cc1. The standard InChI is InChI=1S/C17H18BrNO2/c1-21-16-9-7-15(8-10-16)13-19(17(20)11-18)12-14-5-3-2-4-6-14/h2-10H,11-13H2,1H3. The number of alkyl halides is 1. The summed E-state index contributed by atoms with van der Waals surface area (Å²) in [6.07, 6.45) is 0. The fourth-order valence-electron chi connectivity index (χ4n) is 2.07. The van der Waals surface area contributed by atoms with Gasteiger partial charge in [-0.15, -0.1) is 0 Å². The topological polar surface area (TPSA) is 29.5 Å². The van der Waals surface area contributed by atoms with Crippen LogP contribution >= 0.6 is 15.9 Å². The molecule has 1 amide bonds. The number of amides is 1. The first-order valence-corrected chi connectivity index (χ1v) is 7.85. The molecule has 4 heteroatoms. The van der Waals surface area contributed by atoms with E-state index in [2.05, 4.69) is 15.9 Å². The second-order valence-corrected chi connectivity index (χ2v) is 5.28. The number of halogens is 1. The van der Waals surface area contributed by atoms with E-state index in [1.807, 2.05) is 59.5 Å². The van der Waals surface area contributed by atoms with Crippen molar-refractivity contribution in [3.8, 4) is 5.75 Å². The summed E-state index contributed by atoms with van der Waals surface area (Å²) in [6, 6.07) is 17.8. The molecule has 0 bridgehead atoms. The minimum absolute atomic E-state index is 0.0784. The predicted octanol–water partition coefficient (Wildman–Crippen LogP) is 3.62. The molecule has 0 saturated carbocycles. The molecule has 0 heterocycles. The van der Waals surface area contributed by atoms with Gasteiger partial charge in [-0.3, -0.25) is 4.79 Å². The van der Waals surface area contributed by atoms with Gasteiger partial charge in [0.2, 0.25) is 5.91 Å². The molecule has 2 aromatic rings. The number of ether oxygens (including phenoxy) is 1. The Labute approximate surface area is 133 Å². The zero-order valence-electron chi connectivity index (χ0n) is 12.0. The highest BCUT2D eigenvalue weighted by Gasteiger charge is 2.13. The summed E-state index contributed by atoms with van der Waals surface area (Å²) >= 11 is 3.25. The molecule has 0 saturated heterocycles. The van der Waals surface area contributed by atoms with Crippen LogP contribution in [0.4, 0.5) is 0 Å². The van der Waals surface area contributed by atoms with E-state index in [1.165, 1.54) is 0 Å². The predicted molar refractivity (Wildman–Crippen MR) is 87.5 cm³/mol. The maximum Gasteiger partial charge on any atom is 0.233 e. The summed E-state index contributed by atoms with van der Waals surface area (Å²) < 4.78 is 5.15. The van der Waals surface area contributed by atoms with E-state index in [1.54, 1.807) is 7.11 Å². The molecule has 21 heavy (non-hydrogen) atoms. The number of nitrogens with zero attached hydrogens (tertiary/aromatic N) is 1. The lowest BCUT2D eigenvalue weighted by Gasteiger charge is -2.22. The third-order valence-corrected chi connectivity index (χ3v) is 3.70. The monoisotopic (exact) mass is 347 g/mol. The molecule has 0 fully saturated rings. The maximum atomic E-state index is 12.1. The van der Waals surface area contributed by atoms with Gasteiger partial charge < -0.3 is 9.64 Å². The Balaban J connectivity index is 2.10. The third kappa shape index (κ3) is 4.60. The van der Waals surface area contributed by atoms with E-state index in [0.717, 1.165) is 16.9 Å². The largest absolute Gasteiger partial charge is 0.497 e. The van der Waals surface area contributed by atoms with Gasteiger partial charge in [0.1, 0.15) is 5.75 Å². The summed E-state index contributed by atoms with van der Waals surface area (Å²) in [7, 11) is 1.64. The molecule has 0 spiro atoms. The first-order chi connectivity index (χ1) is 10.2. The van der Waals surface area contributed by atoms with Crippen molar-refractivity contribution in [2.75, 3.05) is 12.4 Å². The van der Waals surface area contributed by atoms with Gasteiger partial charge in [0.15, 0.2) is 0 Å². The lowest BCUT2D eigenvalue weighted by atomic mass is 10.1. The van der Waals surface area contributed by atoms with Crippen LogP contribution in [0.1, 0.15) is 11.1 Å². The van der Waals surface area contributed by atoms with Gasteiger partial charge in [-0.05, 0) is 23.3 Å².